The molecular weight excluding hydrogens is 216 g/mol. The first-order chi connectivity index (χ1) is 7.79. The first kappa shape index (κ1) is 14.0. The Hall–Kier alpha value is -1.09. The predicted molar refractivity (Wildman–Crippen MR) is 67.4 cm³/mol. The third kappa shape index (κ3) is 3.43. The topological polar surface area (TPSA) is 35.5 Å². The molecule has 1 saturated heterocycles. The molecule has 0 unspecified atom stereocenters. The molecule has 1 aliphatic heterocycles. The van der Waals surface area contributed by atoms with E-state index in [9.17, 15) is 4.79 Å². The van der Waals surface area contributed by atoms with E-state index in [1.54, 1.807) is 13.0 Å². The molecule has 1 rings (SSSR count). The maximum Gasteiger partial charge on any atom is 0.344 e. The van der Waals surface area contributed by atoms with E-state index in [0.717, 1.165) is 6.42 Å². The van der Waals surface area contributed by atoms with Crippen molar-refractivity contribution in [3.8, 4) is 0 Å². The third-order valence-electron chi connectivity index (χ3n) is 2.58. The first-order valence-electron chi connectivity index (χ1n) is 6.03. The number of rotatable bonds is 3. The standard InChI is InChI=1S/C14H22O3/c1-6-7-8-9-10-14(5)11(15)16-12(17-14)13(2,3)4/h7-10,12H,6H2,1-5H3/b8-7+,10-9+/t12-,14-/m0/s1. The van der Waals surface area contributed by atoms with Crippen LogP contribution in [-0.2, 0) is 14.3 Å². The summed E-state index contributed by atoms with van der Waals surface area (Å²) in [6.07, 6.45) is 7.98. The highest BCUT2D eigenvalue weighted by atomic mass is 16.8. The summed E-state index contributed by atoms with van der Waals surface area (Å²) in [4.78, 5) is 11.8. The summed E-state index contributed by atoms with van der Waals surface area (Å²) in [5, 5.41) is 0. The molecule has 0 bridgehead atoms. The second kappa shape index (κ2) is 5.05. The fraction of sp³-hybridized carbons (Fsp3) is 0.643. The van der Waals surface area contributed by atoms with Crippen molar-refractivity contribution in [2.45, 2.75) is 52.9 Å². The Labute approximate surface area is 103 Å². The van der Waals surface area contributed by atoms with Crippen molar-refractivity contribution in [3.63, 3.8) is 0 Å². The Bertz CT molecular complexity index is 336. The van der Waals surface area contributed by atoms with Gasteiger partial charge in [0.1, 0.15) is 0 Å². The van der Waals surface area contributed by atoms with Gasteiger partial charge >= 0.3 is 5.97 Å². The smallest absolute Gasteiger partial charge is 0.344 e. The van der Waals surface area contributed by atoms with Crippen LogP contribution in [-0.4, -0.2) is 17.9 Å². The van der Waals surface area contributed by atoms with Gasteiger partial charge in [-0.1, -0.05) is 45.9 Å². The van der Waals surface area contributed by atoms with Crippen LogP contribution in [0, 0.1) is 5.41 Å². The van der Waals surface area contributed by atoms with Crippen LogP contribution in [0.2, 0.25) is 0 Å². The number of carbonyl (C=O) groups excluding carboxylic acids is 1. The molecule has 3 heteroatoms. The van der Waals surface area contributed by atoms with Crippen molar-refractivity contribution in [2.75, 3.05) is 0 Å². The minimum atomic E-state index is -0.962. The van der Waals surface area contributed by atoms with Crippen LogP contribution in [0.1, 0.15) is 41.0 Å². The molecule has 2 atom stereocenters. The highest BCUT2D eigenvalue weighted by molar-refractivity contribution is 5.83. The molecule has 0 spiro atoms. The molecule has 0 aromatic rings. The lowest BCUT2D eigenvalue weighted by molar-refractivity contribution is -0.154. The van der Waals surface area contributed by atoms with Crippen molar-refractivity contribution in [3.05, 3.63) is 24.3 Å². The Morgan fingerprint density at radius 1 is 1.35 bits per heavy atom. The fourth-order valence-corrected chi connectivity index (χ4v) is 1.42. The van der Waals surface area contributed by atoms with Gasteiger partial charge in [0, 0.05) is 5.41 Å². The Morgan fingerprint density at radius 3 is 2.47 bits per heavy atom. The molecule has 0 saturated carbocycles. The lowest BCUT2D eigenvalue weighted by Gasteiger charge is -2.25. The zero-order valence-corrected chi connectivity index (χ0v) is 11.3. The van der Waals surface area contributed by atoms with Crippen LogP contribution in [0.25, 0.3) is 0 Å². The Morgan fingerprint density at radius 2 is 2.00 bits per heavy atom. The summed E-state index contributed by atoms with van der Waals surface area (Å²) in [6.45, 7) is 9.74. The van der Waals surface area contributed by atoms with Gasteiger partial charge in [-0.05, 0) is 19.4 Å². The molecule has 1 fully saturated rings. The second-order valence-electron chi connectivity index (χ2n) is 5.52. The number of hydrogen-bond donors (Lipinski definition) is 0. The van der Waals surface area contributed by atoms with Crippen molar-refractivity contribution >= 4 is 5.97 Å². The van der Waals surface area contributed by atoms with Crippen LogP contribution >= 0.6 is 0 Å². The molecule has 0 aromatic carbocycles. The van der Waals surface area contributed by atoms with Gasteiger partial charge in [0.25, 0.3) is 0 Å². The number of allylic oxidation sites excluding steroid dienone is 3. The van der Waals surface area contributed by atoms with Gasteiger partial charge in [0.15, 0.2) is 5.60 Å². The molecule has 0 radical (unpaired) electrons. The summed E-state index contributed by atoms with van der Waals surface area (Å²) in [5.74, 6) is -0.321. The molecule has 3 nitrogen and oxygen atoms in total. The summed E-state index contributed by atoms with van der Waals surface area (Å²) >= 11 is 0. The molecule has 1 aliphatic rings. The zero-order valence-electron chi connectivity index (χ0n) is 11.3. The maximum atomic E-state index is 11.8. The van der Waals surface area contributed by atoms with Crippen LogP contribution < -0.4 is 0 Å². The SMILES string of the molecule is CC/C=C/C=C/[C@]1(C)O[C@@H](C(C)(C)C)OC1=O. The number of ether oxygens (including phenoxy) is 2. The lowest BCUT2D eigenvalue weighted by atomic mass is 9.96. The lowest BCUT2D eigenvalue weighted by Crippen LogP contribution is -2.32. The van der Waals surface area contributed by atoms with E-state index in [4.69, 9.17) is 9.47 Å². The normalized spacial score (nSPS) is 30.4. The average Bonchev–Trinajstić information content (AvgIpc) is 2.51. The van der Waals surface area contributed by atoms with Crippen LogP contribution in [0.3, 0.4) is 0 Å². The van der Waals surface area contributed by atoms with Gasteiger partial charge in [0.05, 0.1) is 0 Å². The second-order valence-corrected chi connectivity index (χ2v) is 5.52. The minimum absolute atomic E-state index is 0.208. The van der Waals surface area contributed by atoms with E-state index in [1.807, 2.05) is 39.0 Å². The van der Waals surface area contributed by atoms with Gasteiger partial charge in [-0.15, -0.1) is 0 Å². The predicted octanol–water partition coefficient (Wildman–Crippen LogP) is 3.21. The van der Waals surface area contributed by atoms with Crippen molar-refractivity contribution in [1.29, 1.82) is 0 Å². The molecule has 0 aliphatic carbocycles. The number of hydrogen-bond acceptors (Lipinski definition) is 3. The van der Waals surface area contributed by atoms with Crippen LogP contribution in [0.15, 0.2) is 24.3 Å². The minimum Gasteiger partial charge on any atom is -0.433 e. The van der Waals surface area contributed by atoms with Crippen molar-refractivity contribution in [2.24, 2.45) is 5.41 Å². The highest BCUT2D eigenvalue weighted by Crippen LogP contribution is 2.35. The van der Waals surface area contributed by atoms with E-state index in [2.05, 4.69) is 6.92 Å². The average molecular weight is 238 g/mol. The quantitative estimate of drug-likeness (QED) is 0.559. The molecule has 1 heterocycles. The molecule has 0 N–H and O–H groups in total. The van der Waals surface area contributed by atoms with Gasteiger partial charge in [0.2, 0.25) is 6.29 Å². The summed E-state index contributed by atoms with van der Waals surface area (Å²) in [7, 11) is 0. The number of esters is 1. The van der Waals surface area contributed by atoms with E-state index >= 15 is 0 Å². The van der Waals surface area contributed by atoms with Gasteiger partial charge in [-0.25, -0.2) is 4.79 Å². The van der Waals surface area contributed by atoms with Crippen LogP contribution in [0.4, 0.5) is 0 Å². The molecule has 17 heavy (non-hydrogen) atoms. The fourth-order valence-electron chi connectivity index (χ4n) is 1.42. The van der Waals surface area contributed by atoms with Gasteiger partial charge in [-0.3, -0.25) is 0 Å². The largest absolute Gasteiger partial charge is 0.433 e. The van der Waals surface area contributed by atoms with E-state index < -0.39 is 11.9 Å². The summed E-state index contributed by atoms with van der Waals surface area (Å²) in [6, 6.07) is 0. The number of carbonyl (C=O) groups is 1. The highest BCUT2D eigenvalue weighted by Gasteiger charge is 2.48. The maximum absolute atomic E-state index is 11.8. The molecule has 0 aromatic heterocycles. The molecule has 96 valence electrons. The first-order valence-corrected chi connectivity index (χ1v) is 6.03. The summed E-state index contributed by atoms with van der Waals surface area (Å²) in [5.41, 5.74) is -1.17. The van der Waals surface area contributed by atoms with Gasteiger partial charge < -0.3 is 9.47 Å². The Balaban J connectivity index is 2.75. The van der Waals surface area contributed by atoms with Crippen LogP contribution in [0.5, 0.6) is 0 Å². The van der Waals surface area contributed by atoms with E-state index in [0.29, 0.717) is 0 Å². The zero-order chi connectivity index (χ0) is 13.1. The monoisotopic (exact) mass is 238 g/mol. The number of cyclic esters (lactones) is 1. The van der Waals surface area contributed by atoms with Crippen molar-refractivity contribution in [1.82, 2.24) is 0 Å². The van der Waals surface area contributed by atoms with E-state index in [-0.39, 0.29) is 11.4 Å². The van der Waals surface area contributed by atoms with Gasteiger partial charge in [-0.2, -0.15) is 0 Å². The van der Waals surface area contributed by atoms with Crippen molar-refractivity contribution < 1.29 is 14.3 Å². The molecule has 0 amide bonds. The Kier molecular flexibility index (Phi) is 4.15. The molecular formula is C14H22O3. The summed E-state index contributed by atoms with van der Waals surface area (Å²) < 4.78 is 11.0. The third-order valence-corrected chi connectivity index (χ3v) is 2.58. The van der Waals surface area contributed by atoms with E-state index in [1.165, 1.54) is 0 Å².